The van der Waals surface area contributed by atoms with Gasteiger partial charge in [0.2, 0.25) is 0 Å². The van der Waals surface area contributed by atoms with Gasteiger partial charge in [-0.1, -0.05) is 13.3 Å². The number of hydrogen-bond donors (Lipinski definition) is 2. The van der Waals surface area contributed by atoms with Crippen molar-refractivity contribution in [2.45, 2.75) is 40.0 Å². The van der Waals surface area contributed by atoms with E-state index in [-0.39, 0.29) is 12.5 Å². The van der Waals surface area contributed by atoms with Gasteiger partial charge >= 0.3 is 0 Å². The van der Waals surface area contributed by atoms with Crippen LogP contribution >= 0.6 is 0 Å². The molecular formula is C14H23NO3. The number of furan rings is 1. The first-order chi connectivity index (χ1) is 8.58. The molecule has 1 rings (SSSR count). The van der Waals surface area contributed by atoms with Gasteiger partial charge in [-0.25, -0.2) is 0 Å². The fourth-order valence-electron chi connectivity index (χ4n) is 1.95. The molecule has 0 saturated carbocycles. The molecule has 4 nitrogen and oxygen atoms in total. The molecule has 1 heterocycles. The van der Waals surface area contributed by atoms with Crippen molar-refractivity contribution in [2.24, 2.45) is 5.92 Å². The fraction of sp³-hybridized carbons (Fsp3) is 0.643. The Morgan fingerprint density at radius 1 is 1.44 bits per heavy atom. The summed E-state index contributed by atoms with van der Waals surface area (Å²) in [5.41, 5.74) is 0.987. The minimum atomic E-state index is -0.176. The highest BCUT2D eigenvalue weighted by Crippen LogP contribution is 2.14. The molecule has 0 bridgehead atoms. The average molecular weight is 253 g/mol. The third-order valence-electron chi connectivity index (χ3n) is 3.18. The van der Waals surface area contributed by atoms with Crippen molar-refractivity contribution in [1.29, 1.82) is 0 Å². The zero-order chi connectivity index (χ0) is 13.5. The molecule has 4 heteroatoms. The van der Waals surface area contributed by atoms with Gasteiger partial charge in [0, 0.05) is 13.2 Å². The van der Waals surface area contributed by atoms with E-state index in [1.54, 1.807) is 6.07 Å². The second-order valence-electron chi connectivity index (χ2n) is 4.73. The topological polar surface area (TPSA) is 62.5 Å². The van der Waals surface area contributed by atoms with E-state index in [4.69, 9.17) is 9.52 Å². The number of aryl methyl sites for hydroxylation is 2. The van der Waals surface area contributed by atoms with Gasteiger partial charge in [0.15, 0.2) is 5.76 Å². The van der Waals surface area contributed by atoms with Crippen LogP contribution in [-0.4, -0.2) is 24.2 Å². The van der Waals surface area contributed by atoms with Gasteiger partial charge in [-0.3, -0.25) is 4.79 Å². The van der Waals surface area contributed by atoms with E-state index in [0.717, 1.165) is 30.6 Å². The smallest absolute Gasteiger partial charge is 0.287 e. The Hall–Kier alpha value is -1.29. The molecule has 1 atom stereocenters. The summed E-state index contributed by atoms with van der Waals surface area (Å²) in [5.74, 6) is 1.30. The third kappa shape index (κ3) is 4.18. The standard InChI is InChI=1S/C14H23NO3/c1-4-5-12(6-7-16)9-15-14(17)13-8-10(2)11(3)18-13/h8,12,16H,4-7,9H2,1-3H3,(H,15,17). The van der Waals surface area contributed by atoms with E-state index in [1.807, 2.05) is 13.8 Å². The second-order valence-corrected chi connectivity index (χ2v) is 4.73. The molecule has 0 saturated heterocycles. The molecule has 1 amide bonds. The van der Waals surface area contributed by atoms with Crippen LogP contribution in [0, 0.1) is 19.8 Å². The first kappa shape index (κ1) is 14.8. The zero-order valence-corrected chi connectivity index (χ0v) is 11.5. The van der Waals surface area contributed by atoms with Crippen LogP contribution in [0.1, 0.15) is 48.1 Å². The molecule has 0 spiro atoms. The Morgan fingerprint density at radius 3 is 2.67 bits per heavy atom. The van der Waals surface area contributed by atoms with Gasteiger partial charge in [0.05, 0.1) is 0 Å². The van der Waals surface area contributed by atoms with Crippen molar-refractivity contribution in [3.8, 4) is 0 Å². The van der Waals surface area contributed by atoms with E-state index < -0.39 is 0 Å². The van der Waals surface area contributed by atoms with Crippen molar-refractivity contribution >= 4 is 5.91 Å². The lowest BCUT2D eigenvalue weighted by molar-refractivity contribution is 0.0914. The van der Waals surface area contributed by atoms with Crippen LogP contribution in [0.2, 0.25) is 0 Å². The number of amides is 1. The fourth-order valence-corrected chi connectivity index (χ4v) is 1.95. The summed E-state index contributed by atoms with van der Waals surface area (Å²) in [6.45, 7) is 6.62. The predicted molar refractivity (Wildman–Crippen MR) is 70.6 cm³/mol. The quantitative estimate of drug-likeness (QED) is 0.784. The molecule has 0 aromatic carbocycles. The lowest BCUT2D eigenvalue weighted by Crippen LogP contribution is -2.29. The molecule has 18 heavy (non-hydrogen) atoms. The van der Waals surface area contributed by atoms with Crippen LogP contribution in [-0.2, 0) is 0 Å². The predicted octanol–water partition coefficient (Wildman–Crippen LogP) is 2.42. The summed E-state index contributed by atoms with van der Waals surface area (Å²) in [7, 11) is 0. The van der Waals surface area contributed by atoms with Gasteiger partial charge in [-0.2, -0.15) is 0 Å². The van der Waals surface area contributed by atoms with Crippen molar-refractivity contribution in [1.82, 2.24) is 5.32 Å². The Kier molecular flexibility index (Phi) is 5.92. The number of carbonyl (C=O) groups is 1. The van der Waals surface area contributed by atoms with E-state index in [9.17, 15) is 4.79 Å². The second kappa shape index (κ2) is 7.21. The Bertz CT molecular complexity index is 359. The Morgan fingerprint density at radius 2 is 2.17 bits per heavy atom. The van der Waals surface area contributed by atoms with Crippen molar-refractivity contribution < 1.29 is 14.3 Å². The first-order valence-electron chi connectivity index (χ1n) is 6.54. The summed E-state index contributed by atoms with van der Waals surface area (Å²) < 4.78 is 5.37. The summed E-state index contributed by atoms with van der Waals surface area (Å²) in [5, 5.41) is 11.8. The Labute approximate surface area is 108 Å². The maximum atomic E-state index is 11.9. The maximum Gasteiger partial charge on any atom is 0.287 e. The van der Waals surface area contributed by atoms with Crippen LogP contribution in [0.3, 0.4) is 0 Å². The van der Waals surface area contributed by atoms with Crippen molar-refractivity contribution in [2.75, 3.05) is 13.2 Å². The van der Waals surface area contributed by atoms with Crippen LogP contribution in [0.25, 0.3) is 0 Å². The number of aliphatic hydroxyl groups excluding tert-OH is 1. The minimum absolute atomic E-state index is 0.166. The highest BCUT2D eigenvalue weighted by atomic mass is 16.3. The molecule has 0 aliphatic rings. The van der Waals surface area contributed by atoms with Crippen LogP contribution in [0.15, 0.2) is 10.5 Å². The van der Waals surface area contributed by atoms with E-state index in [1.165, 1.54) is 0 Å². The molecule has 0 aliphatic heterocycles. The van der Waals surface area contributed by atoms with Gasteiger partial charge < -0.3 is 14.8 Å². The summed E-state index contributed by atoms with van der Waals surface area (Å²) in [6, 6.07) is 1.76. The lowest BCUT2D eigenvalue weighted by atomic mass is 10.0. The van der Waals surface area contributed by atoms with Crippen LogP contribution < -0.4 is 5.32 Å². The molecular weight excluding hydrogens is 230 g/mol. The highest BCUT2D eigenvalue weighted by Gasteiger charge is 2.14. The highest BCUT2D eigenvalue weighted by molar-refractivity contribution is 5.91. The SMILES string of the molecule is CCCC(CCO)CNC(=O)c1cc(C)c(C)o1. The normalized spacial score (nSPS) is 12.4. The zero-order valence-electron chi connectivity index (χ0n) is 11.5. The maximum absolute atomic E-state index is 11.9. The van der Waals surface area contributed by atoms with Gasteiger partial charge in [-0.15, -0.1) is 0 Å². The molecule has 0 radical (unpaired) electrons. The van der Waals surface area contributed by atoms with Crippen molar-refractivity contribution in [3.63, 3.8) is 0 Å². The number of hydrogen-bond acceptors (Lipinski definition) is 3. The van der Waals surface area contributed by atoms with Gasteiger partial charge in [-0.05, 0) is 44.2 Å². The number of nitrogens with one attached hydrogen (secondary N) is 1. The molecule has 2 N–H and O–H groups in total. The summed E-state index contributed by atoms with van der Waals surface area (Å²) in [4.78, 5) is 11.9. The Balaban J connectivity index is 2.48. The third-order valence-corrected chi connectivity index (χ3v) is 3.18. The molecule has 1 unspecified atom stereocenters. The van der Waals surface area contributed by atoms with Gasteiger partial charge in [0.1, 0.15) is 5.76 Å². The first-order valence-corrected chi connectivity index (χ1v) is 6.54. The van der Waals surface area contributed by atoms with E-state index >= 15 is 0 Å². The molecule has 1 aromatic rings. The van der Waals surface area contributed by atoms with E-state index in [0.29, 0.717) is 18.2 Å². The molecule has 0 aliphatic carbocycles. The number of carbonyl (C=O) groups excluding carboxylic acids is 1. The lowest BCUT2D eigenvalue weighted by Gasteiger charge is -2.14. The summed E-state index contributed by atoms with van der Waals surface area (Å²) in [6.07, 6.45) is 2.79. The average Bonchev–Trinajstić information content (AvgIpc) is 2.67. The van der Waals surface area contributed by atoms with E-state index in [2.05, 4.69) is 12.2 Å². The van der Waals surface area contributed by atoms with Crippen LogP contribution in [0.5, 0.6) is 0 Å². The molecule has 1 aromatic heterocycles. The monoisotopic (exact) mass is 253 g/mol. The molecule has 0 fully saturated rings. The van der Waals surface area contributed by atoms with Crippen molar-refractivity contribution in [3.05, 3.63) is 23.2 Å². The number of aliphatic hydroxyl groups is 1. The number of rotatable bonds is 7. The van der Waals surface area contributed by atoms with Crippen LogP contribution in [0.4, 0.5) is 0 Å². The summed E-state index contributed by atoms with van der Waals surface area (Å²) >= 11 is 0. The van der Waals surface area contributed by atoms with Gasteiger partial charge in [0.25, 0.3) is 5.91 Å². The minimum Gasteiger partial charge on any atom is -0.456 e. The largest absolute Gasteiger partial charge is 0.456 e. The molecule has 102 valence electrons.